The number of benzene rings is 1. The highest BCUT2D eigenvalue weighted by molar-refractivity contribution is 5.98. The maximum absolute atomic E-state index is 12.7. The lowest BCUT2D eigenvalue weighted by Crippen LogP contribution is -2.43. The Balaban J connectivity index is 1.60. The molecule has 0 bridgehead atoms. The fraction of sp³-hybridized carbons (Fsp3) is 0.550. The first-order valence-electron chi connectivity index (χ1n) is 9.90. The molecular formula is C20H27N3O6. The zero-order valence-electron chi connectivity index (χ0n) is 16.5. The molecule has 29 heavy (non-hydrogen) atoms. The number of likely N-dealkylation sites (tertiary alicyclic amines) is 1. The number of carbonyl (C=O) groups is 3. The van der Waals surface area contributed by atoms with Crippen molar-refractivity contribution in [2.75, 3.05) is 43.1 Å². The molecule has 1 aromatic rings. The van der Waals surface area contributed by atoms with Crippen LogP contribution in [0.2, 0.25) is 0 Å². The minimum Gasteiger partial charge on any atom is -0.449 e. The summed E-state index contributed by atoms with van der Waals surface area (Å²) < 4.78 is 10.3. The van der Waals surface area contributed by atoms with Crippen molar-refractivity contribution in [1.29, 1.82) is 0 Å². The number of anilines is 2. The van der Waals surface area contributed by atoms with Crippen LogP contribution < -0.4 is 10.2 Å². The van der Waals surface area contributed by atoms with Crippen LogP contribution >= 0.6 is 0 Å². The molecule has 1 aromatic carbocycles. The third kappa shape index (κ3) is 5.24. The van der Waals surface area contributed by atoms with Gasteiger partial charge in [0.25, 0.3) is 5.91 Å². The Kier molecular flexibility index (Phi) is 7.05. The van der Waals surface area contributed by atoms with Gasteiger partial charge in [-0.2, -0.15) is 0 Å². The Morgan fingerprint density at radius 1 is 1.31 bits per heavy atom. The van der Waals surface area contributed by atoms with Crippen LogP contribution in [0.4, 0.5) is 16.2 Å². The van der Waals surface area contributed by atoms with Gasteiger partial charge in [0.1, 0.15) is 12.6 Å². The van der Waals surface area contributed by atoms with Gasteiger partial charge in [-0.25, -0.2) is 4.79 Å². The molecule has 3 amide bonds. The maximum atomic E-state index is 12.7. The van der Waals surface area contributed by atoms with E-state index < -0.39 is 18.2 Å². The van der Waals surface area contributed by atoms with Gasteiger partial charge in [-0.15, -0.1) is 0 Å². The number of hydrogen-bond acceptors (Lipinski definition) is 6. The number of nitrogens with one attached hydrogen (secondary N) is 1. The number of aliphatic hydroxyl groups is 1. The van der Waals surface area contributed by atoms with Crippen LogP contribution in [0.5, 0.6) is 0 Å². The Morgan fingerprint density at radius 3 is 2.76 bits per heavy atom. The minimum atomic E-state index is -0.792. The lowest BCUT2D eigenvalue weighted by molar-refractivity contribution is -0.125. The van der Waals surface area contributed by atoms with Crippen LogP contribution in [-0.2, 0) is 19.1 Å². The largest absolute Gasteiger partial charge is 0.449 e. The highest BCUT2D eigenvalue weighted by Crippen LogP contribution is 2.23. The number of hydrogen-bond donors (Lipinski definition) is 2. The molecule has 2 aliphatic rings. The van der Waals surface area contributed by atoms with E-state index in [-0.39, 0.29) is 38.0 Å². The summed E-state index contributed by atoms with van der Waals surface area (Å²) in [4.78, 5) is 39.8. The highest BCUT2D eigenvalue weighted by atomic mass is 16.6. The molecule has 0 unspecified atom stereocenters. The van der Waals surface area contributed by atoms with Crippen molar-refractivity contribution < 1.29 is 29.0 Å². The summed E-state index contributed by atoms with van der Waals surface area (Å²) in [5.74, 6) is -0.491. The van der Waals surface area contributed by atoms with Gasteiger partial charge >= 0.3 is 6.09 Å². The number of nitrogens with zero attached hydrogens (tertiary/aromatic N) is 2. The molecule has 2 fully saturated rings. The van der Waals surface area contributed by atoms with Crippen molar-refractivity contribution in [3.05, 3.63) is 24.3 Å². The van der Waals surface area contributed by atoms with Crippen LogP contribution in [0, 0.1) is 0 Å². The van der Waals surface area contributed by atoms with Gasteiger partial charge in [-0.1, -0.05) is 13.3 Å². The molecule has 0 spiro atoms. The van der Waals surface area contributed by atoms with E-state index in [0.717, 1.165) is 18.5 Å². The fourth-order valence-electron chi connectivity index (χ4n) is 3.39. The van der Waals surface area contributed by atoms with E-state index in [9.17, 15) is 19.5 Å². The van der Waals surface area contributed by atoms with Crippen LogP contribution in [0.3, 0.4) is 0 Å². The van der Waals surface area contributed by atoms with Crippen molar-refractivity contribution in [2.45, 2.75) is 38.3 Å². The predicted molar refractivity (Wildman–Crippen MR) is 106 cm³/mol. The summed E-state index contributed by atoms with van der Waals surface area (Å²) in [6, 6.07) is 6.11. The summed E-state index contributed by atoms with van der Waals surface area (Å²) in [7, 11) is 0. The zero-order valence-corrected chi connectivity index (χ0v) is 16.5. The Hall–Kier alpha value is -2.65. The monoisotopic (exact) mass is 405 g/mol. The fourth-order valence-corrected chi connectivity index (χ4v) is 3.39. The normalized spacial score (nSPS) is 21.9. The second kappa shape index (κ2) is 9.71. The average molecular weight is 405 g/mol. The summed E-state index contributed by atoms with van der Waals surface area (Å²) in [5.41, 5.74) is 1.27. The third-order valence-corrected chi connectivity index (χ3v) is 4.97. The molecule has 2 aliphatic heterocycles. The van der Waals surface area contributed by atoms with E-state index in [4.69, 9.17) is 9.47 Å². The third-order valence-electron chi connectivity index (χ3n) is 4.97. The molecule has 9 nitrogen and oxygen atoms in total. The van der Waals surface area contributed by atoms with Gasteiger partial charge in [0.2, 0.25) is 5.91 Å². The average Bonchev–Trinajstić information content (AvgIpc) is 3.11. The molecule has 0 aliphatic carbocycles. The molecule has 2 N–H and O–H groups in total. The van der Waals surface area contributed by atoms with Gasteiger partial charge in [0.05, 0.1) is 25.9 Å². The molecular weight excluding hydrogens is 378 g/mol. The lowest BCUT2D eigenvalue weighted by atomic mass is 10.1. The molecule has 158 valence electrons. The van der Waals surface area contributed by atoms with Crippen LogP contribution in [0.25, 0.3) is 0 Å². The predicted octanol–water partition coefficient (Wildman–Crippen LogP) is 1.36. The van der Waals surface area contributed by atoms with Crippen molar-refractivity contribution >= 4 is 29.3 Å². The van der Waals surface area contributed by atoms with Crippen molar-refractivity contribution in [2.24, 2.45) is 0 Å². The standard InChI is InChI=1S/C20H27N3O6/c1-2-3-9-29-20(27)23-12-16(24)11-17(23)19(26)21-14-4-6-15(7-5-14)22-8-10-28-13-18(22)25/h4-7,16-17,24H,2-3,8-13H2,1H3,(H,21,26)/t16-,17-/m1/s1. The first-order valence-corrected chi connectivity index (χ1v) is 9.90. The Labute approximate surface area is 169 Å². The van der Waals surface area contributed by atoms with E-state index in [1.54, 1.807) is 29.2 Å². The Bertz CT molecular complexity index is 738. The summed E-state index contributed by atoms with van der Waals surface area (Å²) in [6.07, 6.45) is 0.452. The second-order valence-corrected chi connectivity index (χ2v) is 7.16. The smallest absolute Gasteiger partial charge is 0.410 e. The van der Waals surface area contributed by atoms with Gasteiger partial charge in [-0.05, 0) is 30.7 Å². The number of amides is 3. The van der Waals surface area contributed by atoms with Gasteiger partial charge < -0.3 is 24.8 Å². The Morgan fingerprint density at radius 2 is 2.07 bits per heavy atom. The highest BCUT2D eigenvalue weighted by Gasteiger charge is 2.39. The lowest BCUT2D eigenvalue weighted by Gasteiger charge is -2.27. The van der Waals surface area contributed by atoms with Crippen molar-refractivity contribution in [1.82, 2.24) is 4.90 Å². The number of aliphatic hydroxyl groups excluding tert-OH is 1. The van der Waals surface area contributed by atoms with E-state index in [2.05, 4.69) is 5.32 Å². The first kappa shape index (κ1) is 21.1. The number of β-amino-alcohol motifs (C(OH)–C–C–N with tert-alkyl or cyclic N) is 1. The number of ether oxygens (including phenoxy) is 2. The van der Waals surface area contributed by atoms with E-state index in [1.165, 1.54) is 4.90 Å². The van der Waals surface area contributed by atoms with Crippen molar-refractivity contribution in [3.63, 3.8) is 0 Å². The quantitative estimate of drug-likeness (QED) is 0.692. The molecule has 3 rings (SSSR count). The van der Waals surface area contributed by atoms with Gasteiger partial charge in [-0.3, -0.25) is 14.5 Å². The SMILES string of the molecule is CCCCOC(=O)N1C[C@H](O)C[C@@H]1C(=O)Nc1ccc(N2CCOCC2=O)cc1. The van der Waals surface area contributed by atoms with E-state index in [1.807, 2.05) is 6.92 Å². The summed E-state index contributed by atoms with van der Waals surface area (Å²) in [5, 5.41) is 12.7. The topological polar surface area (TPSA) is 108 Å². The molecule has 2 atom stereocenters. The molecule has 2 saturated heterocycles. The van der Waals surface area contributed by atoms with Crippen LogP contribution in [0.15, 0.2) is 24.3 Å². The number of unbranched alkanes of at least 4 members (excludes halogenated alkanes) is 1. The number of carbonyl (C=O) groups excluding carboxylic acids is 3. The second-order valence-electron chi connectivity index (χ2n) is 7.16. The molecule has 2 heterocycles. The van der Waals surface area contributed by atoms with Crippen LogP contribution in [0.1, 0.15) is 26.2 Å². The van der Waals surface area contributed by atoms with Crippen LogP contribution in [-0.4, -0.2) is 73.0 Å². The number of morpholine rings is 1. The van der Waals surface area contributed by atoms with Crippen molar-refractivity contribution in [3.8, 4) is 0 Å². The molecule has 0 aromatic heterocycles. The maximum Gasteiger partial charge on any atom is 0.410 e. The molecule has 9 heteroatoms. The van der Waals surface area contributed by atoms with E-state index >= 15 is 0 Å². The first-order chi connectivity index (χ1) is 14.0. The van der Waals surface area contributed by atoms with Gasteiger partial charge in [0.15, 0.2) is 0 Å². The zero-order chi connectivity index (χ0) is 20.8. The minimum absolute atomic E-state index is 0.0622. The molecule has 0 radical (unpaired) electrons. The summed E-state index contributed by atoms with van der Waals surface area (Å²) in [6.45, 7) is 3.38. The number of rotatable bonds is 6. The van der Waals surface area contributed by atoms with Gasteiger partial charge in [0, 0.05) is 24.3 Å². The molecule has 0 saturated carbocycles. The van der Waals surface area contributed by atoms with E-state index in [0.29, 0.717) is 18.8 Å². The summed E-state index contributed by atoms with van der Waals surface area (Å²) >= 11 is 0.